The van der Waals surface area contributed by atoms with E-state index in [1.807, 2.05) is 0 Å². The van der Waals surface area contributed by atoms with Gasteiger partial charge in [-0.05, 0) is 17.8 Å². The van der Waals surface area contributed by atoms with Gasteiger partial charge in [0.2, 0.25) is 0 Å². The first-order chi connectivity index (χ1) is 8.03. The van der Waals surface area contributed by atoms with Gasteiger partial charge in [-0.3, -0.25) is 25.0 Å². The summed E-state index contributed by atoms with van der Waals surface area (Å²) in [7, 11) is 0. The fraction of sp³-hybridized carbons (Fsp3) is 0. The van der Waals surface area contributed by atoms with Crippen molar-refractivity contribution >= 4 is 17.7 Å². The van der Waals surface area contributed by atoms with Gasteiger partial charge in [0, 0.05) is 6.20 Å². The zero-order chi connectivity index (χ0) is 13.3. The molecule has 0 aliphatic rings. The normalized spacial score (nSPS) is 7.35. The van der Waals surface area contributed by atoms with Gasteiger partial charge in [-0.1, -0.05) is 0 Å². The monoisotopic (exact) mass is 229 g/mol. The van der Waals surface area contributed by atoms with Crippen LogP contribution in [-0.4, -0.2) is 17.7 Å². The van der Waals surface area contributed by atoms with E-state index in [1.165, 1.54) is 0 Å². The molecule has 17 heavy (non-hydrogen) atoms. The lowest BCUT2D eigenvalue weighted by molar-refractivity contribution is -0.117. The van der Waals surface area contributed by atoms with Crippen molar-refractivity contribution in [2.24, 2.45) is 0 Å². The third-order valence-electron chi connectivity index (χ3n) is 1.24. The average molecular weight is 229 g/mol. The van der Waals surface area contributed by atoms with Gasteiger partial charge in [0.1, 0.15) is 5.82 Å². The molecule has 0 spiro atoms. The van der Waals surface area contributed by atoms with Crippen LogP contribution < -0.4 is 16.0 Å². The highest BCUT2D eigenvalue weighted by atomic mass is 16.2. The van der Waals surface area contributed by atoms with Crippen molar-refractivity contribution in [2.45, 2.75) is 0 Å². The Morgan fingerprint density at radius 2 is 1.24 bits per heavy atom. The van der Waals surface area contributed by atoms with E-state index >= 15 is 0 Å². The van der Waals surface area contributed by atoms with Gasteiger partial charge in [-0.15, -0.1) is 19.3 Å². The molecule has 0 fully saturated rings. The minimum Gasteiger partial charge on any atom is -0.318 e. The number of rotatable bonds is 3. The number of hydrogen-bond donors (Lipinski definition) is 3. The van der Waals surface area contributed by atoms with Crippen molar-refractivity contribution in [1.29, 1.82) is 0 Å². The number of carbonyl (C=O) groups is 3. The van der Waals surface area contributed by atoms with E-state index < -0.39 is 17.7 Å². The molecular weight excluding hydrogens is 222 g/mol. The van der Waals surface area contributed by atoms with Gasteiger partial charge >= 0.3 is 11.8 Å². The van der Waals surface area contributed by atoms with Gasteiger partial charge in [0.25, 0.3) is 5.91 Å². The molecule has 0 rings (SSSR count). The molecule has 0 radical (unpaired) electrons. The minimum absolute atomic E-state index is 0.195. The second-order valence-corrected chi connectivity index (χ2v) is 2.37. The SMILES string of the molecule is C#CC(=O)NC=C(NC(=O)C#C)NC(=O)C#C. The van der Waals surface area contributed by atoms with Gasteiger partial charge < -0.3 is 5.32 Å². The lowest BCUT2D eigenvalue weighted by Crippen LogP contribution is -2.35. The van der Waals surface area contributed by atoms with Crippen molar-refractivity contribution in [1.82, 2.24) is 16.0 Å². The average Bonchev–Trinajstić information content (AvgIpc) is 2.34. The number of carbonyl (C=O) groups excluding carboxylic acids is 3. The summed E-state index contributed by atoms with van der Waals surface area (Å²) in [5, 5.41) is 6.26. The molecule has 6 nitrogen and oxygen atoms in total. The molecule has 3 amide bonds. The Kier molecular flexibility index (Phi) is 5.83. The first-order valence-corrected chi connectivity index (χ1v) is 4.06. The summed E-state index contributed by atoms with van der Waals surface area (Å²) in [4.78, 5) is 32.5. The summed E-state index contributed by atoms with van der Waals surface area (Å²) in [5.41, 5.74) is 0. The van der Waals surface area contributed by atoms with Gasteiger partial charge in [-0.25, -0.2) is 0 Å². The van der Waals surface area contributed by atoms with Crippen LogP contribution in [0.15, 0.2) is 12.0 Å². The van der Waals surface area contributed by atoms with Crippen molar-refractivity contribution in [3.63, 3.8) is 0 Å². The lowest BCUT2D eigenvalue weighted by atomic mass is 10.5. The van der Waals surface area contributed by atoms with E-state index in [0.717, 1.165) is 6.20 Å². The summed E-state index contributed by atoms with van der Waals surface area (Å²) in [5.74, 6) is 2.61. The van der Waals surface area contributed by atoms with Crippen LogP contribution in [0.4, 0.5) is 0 Å². The summed E-state index contributed by atoms with van der Waals surface area (Å²) < 4.78 is 0. The molecule has 0 heterocycles. The van der Waals surface area contributed by atoms with E-state index in [1.54, 1.807) is 17.8 Å². The molecule has 0 aliphatic heterocycles. The zero-order valence-corrected chi connectivity index (χ0v) is 8.53. The fourth-order valence-electron chi connectivity index (χ4n) is 0.600. The van der Waals surface area contributed by atoms with Crippen LogP contribution in [0.5, 0.6) is 0 Å². The lowest BCUT2D eigenvalue weighted by Gasteiger charge is -2.06. The zero-order valence-electron chi connectivity index (χ0n) is 8.53. The van der Waals surface area contributed by atoms with E-state index in [0.29, 0.717) is 0 Å². The molecule has 0 aromatic rings. The standard InChI is InChI=1S/C11H7N3O3/c1-4-9(15)12-7-8(13-10(16)5-2)14-11(17)6-3/h1-3,7H,(H,12,15)(H,13,16)(H,14,17). The van der Waals surface area contributed by atoms with Gasteiger partial charge in [-0.2, -0.15) is 0 Å². The van der Waals surface area contributed by atoms with Crippen LogP contribution in [0.3, 0.4) is 0 Å². The molecule has 0 aliphatic carbocycles. The molecule has 84 valence electrons. The second kappa shape index (κ2) is 7.17. The van der Waals surface area contributed by atoms with Crippen molar-refractivity contribution in [3.8, 4) is 37.0 Å². The van der Waals surface area contributed by atoms with Crippen molar-refractivity contribution in [3.05, 3.63) is 12.0 Å². The maximum atomic E-state index is 10.9. The molecule has 0 unspecified atom stereocenters. The molecule has 0 saturated heterocycles. The maximum Gasteiger partial charge on any atom is 0.301 e. The highest BCUT2D eigenvalue weighted by molar-refractivity contribution is 5.97. The Labute approximate surface area is 97.8 Å². The third-order valence-corrected chi connectivity index (χ3v) is 1.24. The number of terminal acetylenes is 3. The summed E-state index contributed by atoms with van der Waals surface area (Å²) >= 11 is 0. The van der Waals surface area contributed by atoms with E-state index in [4.69, 9.17) is 19.3 Å². The van der Waals surface area contributed by atoms with Crippen molar-refractivity contribution in [2.75, 3.05) is 0 Å². The Bertz CT molecular complexity index is 468. The van der Waals surface area contributed by atoms with Crippen LogP contribution in [0.1, 0.15) is 0 Å². The Hall–Kier alpha value is -3.17. The molecule has 0 aromatic carbocycles. The van der Waals surface area contributed by atoms with Crippen LogP contribution >= 0.6 is 0 Å². The molecular formula is C11H7N3O3. The largest absolute Gasteiger partial charge is 0.318 e. The highest BCUT2D eigenvalue weighted by Crippen LogP contribution is 1.82. The number of amides is 3. The molecule has 0 saturated carbocycles. The highest BCUT2D eigenvalue weighted by Gasteiger charge is 2.05. The molecule has 0 bridgehead atoms. The molecule has 6 heteroatoms. The third kappa shape index (κ3) is 6.01. The maximum absolute atomic E-state index is 10.9. The van der Waals surface area contributed by atoms with Crippen LogP contribution in [0, 0.1) is 37.0 Å². The van der Waals surface area contributed by atoms with Crippen LogP contribution in [0.2, 0.25) is 0 Å². The second-order valence-electron chi connectivity index (χ2n) is 2.37. The van der Waals surface area contributed by atoms with E-state index in [2.05, 4.69) is 16.0 Å². The van der Waals surface area contributed by atoms with E-state index in [9.17, 15) is 14.4 Å². The molecule has 3 N–H and O–H groups in total. The predicted molar refractivity (Wildman–Crippen MR) is 59.0 cm³/mol. The topological polar surface area (TPSA) is 87.3 Å². The smallest absolute Gasteiger partial charge is 0.301 e. The Balaban J connectivity index is 4.75. The first-order valence-electron chi connectivity index (χ1n) is 4.06. The van der Waals surface area contributed by atoms with Crippen LogP contribution in [0.25, 0.3) is 0 Å². The molecule has 0 atom stereocenters. The van der Waals surface area contributed by atoms with Gasteiger partial charge in [0.05, 0.1) is 0 Å². The fourth-order valence-corrected chi connectivity index (χ4v) is 0.600. The Morgan fingerprint density at radius 1 is 0.824 bits per heavy atom. The summed E-state index contributed by atoms with van der Waals surface area (Å²) in [6.45, 7) is 0. The number of hydrogen-bond acceptors (Lipinski definition) is 3. The number of nitrogens with one attached hydrogen (secondary N) is 3. The summed E-state index contributed by atoms with van der Waals surface area (Å²) in [6, 6.07) is 0. The first kappa shape index (κ1) is 13.8. The van der Waals surface area contributed by atoms with Crippen LogP contribution in [-0.2, 0) is 14.4 Å². The van der Waals surface area contributed by atoms with Gasteiger partial charge in [0.15, 0.2) is 0 Å². The minimum atomic E-state index is -0.830. The molecule has 0 aromatic heterocycles. The summed E-state index contributed by atoms with van der Waals surface area (Å²) in [6.07, 6.45) is 15.3. The Morgan fingerprint density at radius 3 is 1.59 bits per heavy atom. The van der Waals surface area contributed by atoms with E-state index in [-0.39, 0.29) is 5.82 Å². The van der Waals surface area contributed by atoms with Crippen molar-refractivity contribution < 1.29 is 14.4 Å². The predicted octanol–water partition coefficient (Wildman–Crippen LogP) is -1.97. The quantitative estimate of drug-likeness (QED) is 0.491.